The molecule has 0 saturated carbocycles. The average Bonchev–Trinajstić information content (AvgIpc) is 2.52. The van der Waals surface area contributed by atoms with Crippen molar-refractivity contribution in [2.75, 3.05) is 13.7 Å². The molecular formula is C14H22N2O. The molecule has 94 valence electrons. The van der Waals surface area contributed by atoms with Crippen LogP contribution in [-0.4, -0.2) is 30.1 Å². The van der Waals surface area contributed by atoms with Gasteiger partial charge in [-0.05, 0) is 38.0 Å². The van der Waals surface area contributed by atoms with E-state index in [0.29, 0.717) is 6.04 Å². The summed E-state index contributed by atoms with van der Waals surface area (Å²) in [4.78, 5) is 2.45. The van der Waals surface area contributed by atoms with Gasteiger partial charge in [0, 0.05) is 24.7 Å². The third kappa shape index (κ3) is 2.79. The summed E-state index contributed by atoms with van der Waals surface area (Å²) >= 11 is 0. The maximum Gasteiger partial charge on any atom is 0.119 e. The Kier molecular flexibility index (Phi) is 3.40. The van der Waals surface area contributed by atoms with Gasteiger partial charge in [-0.3, -0.25) is 4.90 Å². The molecule has 0 bridgehead atoms. The van der Waals surface area contributed by atoms with E-state index < -0.39 is 0 Å². The number of methoxy groups -OCH3 is 1. The fourth-order valence-electron chi connectivity index (χ4n) is 2.64. The zero-order chi connectivity index (χ0) is 12.5. The molecule has 0 aromatic heterocycles. The number of ether oxygens (including phenoxy) is 1. The van der Waals surface area contributed by atoms with Crippen molar-refractivity contribution < 1.29 is 4.74 Å². The minimum absolute atomic E-state index is 0.197. The largest absolute Gasteiger partial charge is 0.497 e. The van der Waals surface area contributed by atoms with E-state index >= 15 is 0 Å². The summed E-state index contributed by atoms with van der Waals surface area (Å²) in [6.07, 6.45) is 1.07. The van der Waals surface area contributed by atoms with Gasteiger partial charge >= 0.3 is 0 Å². The van der Waals surface area contributed by atoms with Crippen molar-refractivity contribution in [2.45, 2.75) is 38.4 Å². The van der Waals surface area contributed by atoms with E-state index in [9.17, 15) is 0 Å². The molecule has 1 aromatic rings. The first kappa shape index (κ1) is 12.4. The number of rotatable bonds is 3. The quantitative estimate of drug-likeness (QED) is 0.869. The van der Waals surface area contributed by atoms with Crippen LogP contribution in [0.25, 0.3) is 0 Å². The number of benzene rings is 1. The number of likely N-dealkylation sites (tertiary alicyclic amines) is 1. The average molecular weight is 234 g/mol. The van der Waals surface area contributed by atoms with Crippen LogP contribution in [-0.2, 0) is 6.54 Å². The summed E-state index contributed by atoms with van der Waals surface area (Å²) in [5.74, 6) is 0.920. The lowest BCUT2D eigenvalue weighted by Crippen LogP contribution is -2.37. The van der Waals surface area contributed by atoms with E-state index in [1.165, 1.54) is 5.56 Å². The summed E-state index contributed by atoms with van der Waals surface area (Å²) in [5, 5.41) is 0. The van der Waals surface area contributed by atoms with Crippen molar-refractivity contribution in [1.29, 1.82) is 0 Å². The van der Waals surface area contributed by atoms with Gasteiger partial charge in [-0.1, -0.05) is 12.1 Å². The maximum absolute atomic E-state index is 6.04. The summed E-state index contributed by atoms with van der Waals surface area (Å²) in [6, 6.07) is 8.56. The normalized spacial score (nSPS) is 23.9. The van der Waals surface area contributed by atoms with Crippen LogP contribution in [0.2, 0.25) is 0 Å². The molecule has 1 aliphatic heterocycles. The van der Waals surface area contributed by atoms with Crippen LogP contribution in [0.1, 0.15) is 25.8 Å². The standard InChI is InChI=1S/C14H22N2O/c1-14(2)8-12(15)10-16(14)9-11-5-4-6-13(7-11)17-3/h4-7,12H,8-10,15H2,1-3H3. The van der Waals surface area contributed by atoms with Gasteiger partial charge in [0.15, 0.2) is 0 Å². The Labute approximate surface area is 104 Å². The van der Waals surface area contributed by atoms with Gasteiger partial charge in [0.1, 0.15) is 5.75 Å². The highest BCUT2D eigenvalue weighted by atomic mass is 16.5. The number of hydrogen-bond acceptors (Lipinski definition) is 3. The Morgan fingerprint density at radius 2 is 2.24 bits per heavy atom. The third-order valence-corrected chi connectivity index (χ3v) is 3.58. The predicted octanol–water partition coefficient (Wildman–Crippen LogP) is 2.01. The van der Waals surface area contributed by atoms with E-state index in [2.05, 4.69) is 30.9 Å². The van der Waals surface area contributed by atoms with Gasteiger partial charge in [-0.15, -0.1) is 0 Å². The lowest BCUT2D eigenvalue weighted by molar-refractivity contribution is 0.166. The molecular weight excluding hydrogens is 212 g/mol. The van der Waals surface area contributed by atoms with Crippen molar-refractivity contribution in [2.24, 2.45) is 5.73 Å². The summed E-state index contributed by atoms with van der Waals surface area (Å²) in [6.45, 7) is 6.45. The zero-order valence-corrected chi connectivity index (χ0v) is 10.9. The highest BCUT2D eigenvalue weighted by Gasteiger charge is 2.36. The van der Waals surface area contributed by atoms with Gasteiger partial charge in [-0.25, -0.2) is 0 Å². The maximum atomic E-state index is 6.04. The molecule has 1 heterocycles. The van der Waals surface area contributed by atoms with Crippen LogP contribution in [0.3, 0.4) is 0 Å². The van der Waals surface area contributed by atoms with E-state index in [4.69, 9.17) is 10.5 Å². The molecule has 0 amide bonds. The smallest absolute Gasteiger partial charge is 0.119 e. The van der Waals surface area contributed by atoms with Gasteiger partial charge < -0.3 is 10.5 Å². The first-order valence-electron chi connectivity index (χ1n) is 6.15. The molecule has 1 saturated heterocycles. The Bertz CT molecular complexity index is 390. The zero-order valence-electron chi connectivity index (χ0n) is 10.9. The van der Waals surface area contributed by atoms with E-state index in [1.54, 1.807) is 7.11 Å². The lowest BCUT2D eigenvalue weighted by atomic mass is 10.00. The van der Waals surface area contributed by atoms with Gasteiger partial charge in [-0.2, -0.15) is 0 Å². The predicted molar refractivity (Wildman–Crippen MR) is 70.1 cm³/mol. The van der Waals surface area contributed by atoms with Crippen molar-refractivity contribution in [3.63, 3.8) is 0 Å². The van der Waals surface area contributed by atoms with Crippen LogP contribution in [0.4, 0.5) is 0 Å². The molecule has 0 radical (unpaired) electrons. The molecule has 1 fully saturated rings. The fraction of sp³-hybridized carbons (Fsp3) is 0.571. The van der Waals surface area contributed by atoms with Crippen LogP contribution in [0.15, 0.2) is 24.3 Å². The van der Waals surface area contributed by atoms with Crippen LogP contribution >= 0.6 is 0 Å². The summed E-state index contributed by atoms with van der Waals surface area (Å²) in [5.41, 5.74) is 7.52. The van der Waals surface area contributed by atoms with Crippen molar-refractivity contribution >= 4 is 0 Å². The Balaban J connectivity index is 2.10. The Hall–Kier alpha value is -1.06. The SMILES string of the molecule is COc1cccc(CN2CC(N)CC2(C)C)c1. The minimum atomic E-state index is 0.197. The molecule has 2 rings (SSSR count). The van der Waals surface area contributed by atoms with Gasteiger partial charge in [0.05, 0.1) is 7.11 Å². The highest BCUT2D eigenvalue weighted by molar-refractivity contribution is 5.28. The van der Waals surface area contributed by atoms with E-state index in [-0.39, 0.29) is 5.54 Å². The van der Waals surface area contributed by atoms with Crippen molar-refractivity contribution in [1.82, 2.24) is 4.90 Å². The Morgan fingerprint density at radius 3 is 2.82 bits per heavy atom. The topological polar surface area (TPSA) is 38.5 Å². The molecule has 3 heteroatoms. The Morgan fingerprint density at radius 1 is 1.47 bits per heavy atom. The highest BCUT2D eigenvalue weighted by Crippen LogP contribution is 2.29. The van der Waals surface area contributed by atoms with E-state index in [0.717, 1.165) is 25.3 Å². The number of nitrogens with zero attached hydrogens (tertiary/aromatic N) is 1. The number of nitrogens with two attached hydrogens (primary N) is 1. The van der Waals surface area contributed by atoms with Crippen molar-refractivity contribution in [3.05, 3.63) is 29.8 Å². The molecule has 1 atom stereocenters. The fourth-order valence-corrected chi connectivity index (χ4v) is 2.64. The third-order valence-electron chi connectivity index (χ3n) is 3.58. The molecule has 17 heavy (non-hydrogen) atoms. The molecule has 1 aromatic carbocycles. The van der Waals surface area contributed by atoms with Crippen LogP contribution in [0.5, 0.6) is 5.75 Å². The number of hydrogen-bond donors (Lipinski definition) is 1. The van der Waals surface area contributed by atoms with E-state index in [1.807, 2.05) is 12.1 Å². The molecule has 0 aliphatic carbocycles. The second-order valence-corrected chi connectivity index (χ2v) is 5.51. The lowest BCUT2D eigenvalue weighted by Gasteiger charge is -2.31. The summed E-state index contributed by atoms with van der Waals surface area (Å²) < 4.78 is 5.25. The molecule has 1 aliphatic rings. The molecule has 1 unspecified atom stereocenters. The van der Waals surface area contributed by atoms with Gasteiger partial charge in [0.25, 0.3) is 0 Å². The molecule has 0 spiro atoms. The molecule has 2 N–H and O–H groups in total. The first-order valence-corrected chi connectivity index (χ1v) is 6.15. The monoisotopic (exact) mass is 234 g/mol. The van der Waals surface area contributed by atoms with Crippen LogP contribution in [0, 0.1) is 0 Å². The second-order valence-electron chi connectivity index (χ2n) is 5.51. The first-order chi connectivity index (χ1) is 8.01. The van der Waals surface area contributed by atoms with Crippen LogP contribution < -0.4 is 10.5 Å². The van der Waals surface area contributed by atoms with Crippen molar-refractivity contribution in [3.8, 4) is 5.75 Å². The minimum Gasteiger partial charge on any atom is -0.497 e. The second kappa shape index (κ2) is 4.67. The van der Waals surface area contributed by atoms with Gasteiger partial charge in [0.2, 0.25) is 0 Å². The summed E-state index contributed by atoms with van der Waals surface area (Å²) in [7, 11) is 1.70. The molecule has 3 nitrogen and oxygen atoms in total.